The summed E-state index contributed by atoms with van der Waals surface area (Å²) in [4.78, 5) is 4.69. The first kappa shape index (κ1) is 42.2. The Bertz CT molecular complexity index is 3690. The van der Waals surface area contributed by atoms with Crippen LogP contribution in [0, 0.1) is 0 Å². The van der Waals surface area contributed by atoms with Crippen molar-refractivity contribution in [3.05, 3.63) is 267 Å². The predicted octanol–water partition coefficient (Wildman–Crippen LogP) is 18.0. The molecule has 0 aliphatic carbocycles. The van der Waals surface area contributed by atoms with E-state index in [4.69, 9.17) is 0 Å². The Morgan fingerprint density at radius 3 is 0.829 bits per heavy atom. The van der Waals surface area contributed by atoms with Crippen LogP contribution in [0.1, 0.15) is 0 Å². The Labute approximate surface area is 420 Å². The molecule has 11 aromatic carbocycles. The van der Waals surface area contributed by atoms with Crippen molar-refractivity contribution in [1.82, 2.24) is 0 Å². The van der Waals surface area contributed by atoms with E-state index in [1.165, 1.54) is 83.1 Å². The third-order valence-electron chi connectivity index (χ3n) is 13.5. The summed E-state index contributed by atoms with van der Waals surface area (Å²) in [5.74, 6) is 0. The van der Waals surface area contributed by atoms with Crippen LogP contribution in [0.15, 0.2) is 267 Å². The number of hydrogen-bond acceptors (Lipinski definition) is 2. The van der Waals surface area contributed by atoms with Gasteiger partial charge in [-0.3, -0.25) is 0 Å². The molecule has 0 bridgehead atoms. The van der Waals surface area contributed by atoms with E-state index in [1.807, 2.05) is 0 Å². The van der Waals surface area contributed by atoms with Gasteiger partial charge in [0.2, 0.25) is 0 Å². The number of anilines is 6. The van der Waals surface area contributed by atoms with Gasteiger partial charge in [-0.05, 0) is 0 Å². The number of nitrogens with zero attached hydrogens (tertiary/aromatic N) is 2. The summed E-state index contributed by atoms with van der Waals surface area (Å²) in [6.07, 6.45) is 0. The standard InChI is InChI=1S/C66H44N2Se2/c1-3-13-51(14-4-1)67(55-41-33-49(34-42-55)57-19-11-21-61-59-17-7-9-23-63(59)69-65(57)61)53-37-29-47(30-38-53)45-25-27-46(28-26-45)48-31-39-54(40-32-48)68(52-15-5-2-6-16-52)56-43-35-50(36-44-56)58-20-12-22-62-60-18-8-10-24-64(60)70-66(58)62/h1-44H. The van der Waals surface area contributed by atoms with Gasteiger partial charge in [-0.15, -0.1) is 0 Å². The fourth-order valence-electron chi connectivity index (χ4n) is 10.0. The molecule has 0 radical (unpaired) electrons. The molecular formula is C66H44N2Se2. The Hall–Kier alpha value is -7.94. The number of hydrogen-bond donors (Lipinski definition) is 0. The minimum atomic E-state index is 0.296. The van der Waals surface area contributed by atoms with E-state index in [2.05, 4.69) is 277 Å². The van der Waals surface area contributed by atoms with Gasteiger partial charge in [0.1, 0.15) is 0 Å². The molecule has 13 aromatic rings. The first-order chi connectivity index (χ1) is 34.7. The average molecular weight is 1020 g/mol. The molecule has 0 saturated carbocycles. The molecular weight excluding hydrogens is 979 g/mol. The van der Waals surface area contributed by atoms with Crippen molar-refractivity contribution in [2.75, 3.05) is 9.80 Å². The summed E-state index contributed by atoms with van der Waals surface area (Å²) in [6.45, 7) is 0. The van der Waals surface area contributed by atoms with Crippen LogP contribution in [0.25, 0.3) is 83.1 Å². The van der Waals surface area contributed by atoms with Crippen molar-refractivity contribution in [1.29, 1.82) is 0 Å². The van der Waals surface area contributed by atoms with Crippen molar-refractivity contribution in [3.8, 4) is 44.5 Å². The first-order valence-corrected chi connectivity index (χ1v) is 27.2. The summed E-state index contributed by atoms with van der Waals surface area (Å²) in [7, 11) is 0. The second-order valence-corrected chi connectivity index (χ2v) is 22.1. The zero-order valence-electron chi connectivity index (χ0n) is 38.1. The normalized spacial score (nSPS) is 11.4. The molecule has 70 heavy (non-hydrogen) atoms. The van der Waals surface area contributed by atoms with E-state index in [-0.39, 0.29) is 0 Å². The molecule has 0 spiro atoms. The van der Waals surface area contributed by atoms with Crippen molar-refractivity contribution < 1.29 is 0 Å². The van der Waals surface area contributed by atoms with Gasteiger partial charge in [0.15, 0.2) is 0 Å². The second-order valence-electron chi connectivity index (χ2n) is 17.7. The molecule has 4 heteroatoms. The van der Waals surface area contributed by atoms with Gasteiger partial charge in [0.05, 0.1) is 0 Å². The molecule has 330 valence electrons. The number of rotatable bonds is 10. The Morgan fingerprint density at radius 1 is 0.200 bits per heavy atom. The molecule has 0 atom stereocenters. The SMILES string of the molecule is c1ccc(N(c2ccc(-c3ccc(-c4ccc(N(c5ccccc5)c5ccc(-c6cccc7c6[se]c6ccccc67)cc5)cc4)cc3)cc2)c2ccc(-c3cccc4c3[se]c3ccccc34)cc2)cc1. The summed E-state index contributed by atoms with van der Waals surface area (Å²) in [6, 6.07) is 97.8. The zero-order chi connectivity index (χ0) is 46.4. The summed E-state index contributed by atoms with van der Waals surface area (Å²) in [5.41, 5.74) is 16.7. The first-order valence-electron chi connectivity index (χ1n) is 23.7. The Balaban J connectivity index is 0.749. The topological polar surface area (TPSA) is 6.48 Å². The van der Waals surface area contributed by atoms with E-state index in [9.17, 15) is 0 Å². The predicted molar refractivity (Wildman–Crippen MR) is 301 cm³/mol. The molecule has 2 aromatic heterocycles. The van der Waals surface area contributed by atoms with Gasteiger partial charge in [0.25, 0.3) is 0 Å². The second kappa shape index (κ2) is 18.2. The van der Waals surface area contributed by atoms with E-state index >= 15 is 0 Å². The number of benzene rings is 11. The van der Waals surface area contributed by atoms with Crippen LogP contribution in [0.2, 0.25) is 0 Å². The van der Waals surface area contributed by atoms with Crippen LogP contribution in [-0.4, -0.2) is 29.0 Å². The van der Waals surface area contributed by atoms with Crippen molar-refractivity contribution in [2.24, 2.45) is 0 Å². The molecule has 2 nitrogen and oxygen atoms in total. The van der Waals surface area contributed by atoms with Crippen molar-refractivity contribution in [3.63, 3.8) is 0 Å². The molecule has 0 fully saturated rings. The number of para-hydroxylation sites is 2. The molecule has 0 N–H and O–H groups in total. The van der Waals surface area contributed by atoms with E-state index in [0.717, 1.165) is 34.1 Å². The molecule has 13 rings (SSSR count). The van der Waals surface area contributed by atoms with Crippen LogP contribution >= 0.6 is 0 Å². The van der Waals surface area contributed by atoms with E-state index in [0.29, 0.717) is 29.0 Å². The molecule has 2 heterocycles. The maximum absolute atomic E-state index is 2.35. The minimum absolute atomic E-state index is 0.296. The van der Waals surface area contributed by atoms with Gasteiger partial charge < -0.3 is 0 Å². The quantitative estimate of drug-likeness (QED) is 0.126. The van der Waals surface area contributed by atoms with Crippen LogP contribution < -0.4 is 9.80 Å². The summed E-state index contributed by atoms with van der Waals surface area (Å²) in [5, 5.41) is 5.54. The fraction of sp³-hybridized carbons (Fsp3) is 0. The van der Waals surface area contributed by atoms with Crippen molar-refractivity contribution >= 4 is 102 Å². The molecule has 0 aliphatic rings. The maximum atomic E-state index is 2.35. The third-order valence-corrected chi connectivity index (χ3v) is 18.6. The zero-order valence-corrected chi connectivity index (χ0v) is 41.5. The van der Waals surface area contributed by atoms with E-state index in [1.54, 1.807) is 0 Å². The van der Waals surface area contributed by atoms with Gasteiger partial charge in [0, 0.05) is 0 Å². The monoisotopic (exact) mass is 1020 g/mol. The molecule has 0 saturated heterocycles. The van der Waals surface area contributed by atoms with Gasteiger partial charge in [-0.1, -0.05) is 24.3 Å². The molecule has 0 amide bonds. The molecule has 0 unspecified atom stereocenters. The average Bonchev–Trinajstić information content (AvgIpc) is 4.02. The third kappa shape index (κ3) is 7.78. The Morgan fingerprint density at radius 2 is 0.471 bits per heavy atom. The molecule has 0 aliphatic heterocycles. The fourth-order valence-corrected chi connectivity index (χ4v) is 15.2. The van der Waals surface area contributed by atoms with Gasteiger partial charge in [-0.25, -0.2) is 0 Å². The van der Waals surface area contributed by atoms with Gasteiger partial charge in [-0.2, -0.15) is 0 Å². The van der Waals surface area contributed by atoms with Crippen LogP contribution in [0.4, 0.5) is 34.1 Å². The van der Waals surface area contributed by atoms with Gasteiger partial charge >= 0.3 is 399 Å². The van der Waals surface area contributed by atoms with Crippen molar-refractivity contribution in [2.45, 2.75) is 0 Å². The summed E-state index contributed by atoms with van der Waals surface area (Å²) >= 11 is 0.592. The van der Waals surface area contributed by atoms with Crippen LogP contribution in [-0.2, 0) is 0 Å². The van der Waals surface area contributed by atoms with Crippen LogP contribution in [0.5, 0.6) is 0 Å². The van der Waals surface area contributed by atoms with Crippen LogP contribution in [0.3, 0.4) is 0 Å². The summed E-state index contributed by atoms with van der Waals surface area (Å²) < 4.78 is 5.90. The number of fused-ring (bicyclic) bond motifs is 6. The van der Waals surface area contributed by atoms with E-state index < -0.39 is 0 Å². The Kier molecular flexibility index (Phi) is 11.0.